The van der Waals surface area contributed by atoms with Gasteiger partial charge in [-0.2, -0.15) is 5.10 Å². The van der Waals surface area contributed by atoms with E-state index in [9.17, 15) is 13.2 Å². The van der Waals surface area contributed by atoms with Crippen LogP contribution in [0.1, 0.15) is 28.7 Å². The number of amidine groups is 1. The van der Waals surface area contributed by atoms with E-state index in [4.69, 9.17) is 14.5 Å². The summed E-state index contributed by atoms with van der Waals surface area (Å²) in [5.74, 6) is 2.58. The second-order valence-electron chi connectivity index (χ2n) is 10.0. The van der Waals surface area contributed by atoms with Gasteiger partial charge in [0.15, 0.2) is 11.5 Å². The number of aliphatic imine (C=N–C) groups is 1. The van der Waals surface area contributed by atoms with Crippen LogP contribution in [0.5, 0.6) is 11.5 Å². The van der Waals surface area contributed by atoms with E-state index in [0.717, 1.165) is 59.6 Å². The summed E-state index contributed by atoms with van der Waals surface area (Å²) in [4.78, 5) is 19.2. The molecule has 220 valence electrons. The molecule has 0 bridgehead atoms. The van der Waals surface area contributed by atoms with Gasteiger partial charge in [-0.25, -0.2) is 13.4 Å². The highest BCUT2D eigenvalue weighted by atomic mass is 32.2. The Hall–Kier alpha value is -4.03. The molecular formula is C30H33N5O5S2. The lowest BCUT2D eigenvalue weighted by Gasteiger charge is -2.33. The summed E-state index contributed by atoms with van der Waals surface area (Å²) in [7, 11) is 1.54. The van der Waals surface area contributed by atoms with Crippen LogP contribution in [-0.4, -0.2) is 70.0 Å². The molecule has 2 aliphatic rings. The third-order valence-corrected chi connectivity index (χ3v) is 8.50. The minimum absolute atomic E-state index is 0.0556. The molecule has 1 N–H and O–H groups in total. The number of sulfonamides is 1. The van der Waals surface area contributed by atoms with Crippen LogP contribution >= 0.6 is 11.8 Å². The number of hydrazone groups is 1. The van der Waals surface area contributed by atoms with Crippen molar-refractivity contribution in [3.05, 3.63) is 82.9 Å². The Morgan fingerprint density at radius 2 is 1.81 bits per heavy atom. The van der Waals surface area contributed by atoms with E-state index in [2.05, 4.69) is 32.9 Å². The van der Waals surface area contributed by atoms with E-state index in [1.807, 2.05) is 30.3 Å². The van der Waals surface area contributed by atoms with Crippen molar-refractivity contribution in [1.82, 2.24) is 5.01 Å². The maximum Gasteiger partial charge on any atom is 0.301 e. The van der Waals surface area contributed by atoms with Crippen molar-refractivity contribution in [1.29, 1.82) is 0 Å². The van der Waals surface area contributed by atoms with Crippen LogP contribution in [0.4, 0.5) is 16.2 Å². The van der Waals surface area contributed by atoms with Gasteiger partial charge in [-0.3, -0.25) is 14.5 Å². The molecule has 3 aromatic carbocycles. The lowest BCUT2D eigenvalue weighted by Crippen LogP contribution is -2.36. The number of thioether (sulfide) groups is 1. The van der Waals surface area contributed by atoms with Gasteiger partial charge in [0.05, 0.1) is 32.7 Å². The maximum atomic E-state index is 11.9. The second-order valence-corrected chi connectivity index (χ2v) is 12.7. The Kier molecular flexibility index (Phi) is 8.74. The Balaban J connectivity index is 1.51. The highest BCUT2D eigenvalue weighted by molar-refractivity contribution is 8.14. The van der Waals surface area contributed by atoms with Gasteiger partial charge in [0.25, 0.3) is 0 Å². The summed E-state index contributed by atoms with van der Waals surface area (Å²) < 4.78 is 36.7. The summed E-state index contributed by atoms with van der Waals surface area (Å²) in [5.41, 5.74) is 6.47. The van der Waals surface area contributed by atoms with E-state index in [0.29, 0.717) is 29.5 Å². The second kappa shape index (κ2) is 12.5. The molecule has 0 unspecified atom stereocenters. The fourth-order valence-corrected chi connectivity index (χ4v) is 6.25. The van der Waals surface area contributed by atoms with Crippen molar-refractivity contribution < 1.29 is 22.7 Å². The van der Waals surface area contributed by atoms with Crippen molar-refractivity contribution in [2.75, 3.05) is 49.4 Å². The van der Waals surface area contributed by atoms with Gasteiger partial charge >= 0.3 is 5.24 Å². The fourth-order valence-electron chi connectivity index (χ4n) is 4.98. The number of hydrogen-bond acceptors (Lipinski definition) is 8. The van der Waals surface area contributed by atoms with Crippen molar-refractivity contribution in [2.45, 2.75) is 19.4 Å². The molecule has 0 radical (unpaired) electrons. The zero-order valence-corrected chi connectivity index (χ0v) is 25.6. The van der Waals surface area contributed by atoms with Gasteiger partial charge in [0, 0.05) is 36.3 Å². The van der Waals surface area contributed by atoms with Crippen LogP contribution in [0.3, 0.4) is 0 Å². The Bertz CT molecular complexity index is 1650. The zero-order valence-electron chi connectivity index (χ0n) is 24.0. The standard InChI is InChI=1S/C30H33N5O5S2/c1-34-30(36)41-19-25(32-34)21-9-13-26-22(16-21)6-5-15-35(26)29(23-10-14-27(39-2)28(17-23)40-3)31-18-20-7-11-24(12-8-20)33-42(4,37)38/h7-14,16-17,33H,5-6,15,18-19H2,1-4H3. The number of rotatable bonds is 8. The Labute approximate surface area is 250 Å². The largest absolute Gasteiger partial charge is 0.493 e. The highest BCUT2D eigenvalue weighted by Crippen LogP contribution is 2.33. The molecule has 0 spiro atoms. The predicted octanol–water partition coefficient (Wildman–Crippen LogP) is 4.98. The molecule has 0 saturated carbocycles. The number of aryl methyl sites for hydroxylation is 1. The number of nitrogens with one attached hydrogen (secondary N) is 1. The highest BCUT2D eigenvalue weighted by Gasteiger charge is 2.25. The summed E-state index contributed by atoms with van der Waals surface area (Å²) in [6, 6.07) is 19.3. The van der Waals surface area contributed by atoms with Gasteiger partial charge in [-0.05, 0) is 72.0 Å². The molecule has 10 nitrogen and oxygen atoms in total. The van der Waals surface area contributed by atoms with Crippen molar-refractivity contribution in [2.24, 2.45) is 10.1 Å². The first-order chi connectivity index (χ1) is 20.1. The van der Waals surface area contributed by atoms with Crippen LogP contribution in [0.15, 0.2) is 70.8 Å². The van der Waals surface area contributed by atoms with Gasteiger partial charge in [-0.15, -0.1) is 0 Å². The summed E-state index contributed by atoms with van der Waals surface area (Å²) in [6.45, 7) is 1.17. The number of methoxy groups -OCH3 is 2. The van der Waals surface area contributed by atoms with Crippen LogP contribution in [0.25, 0.3) is 0 Å². The number of nitrogens with zero attached hydrogens (tertiary/aromatic N) is 4. The summed E-state index contributed by atoms with van der Waals surface area (Å²) >= 11 is 1.25. The molecule has 0 fully saturated rings. The molecule has 1 amide bonds. The number of hydrogen-bond donors (Lipinski definition) is 1. The van der Waals surface area contributed by atoms with E-state index in [1.54, 1.807) is 33.4 Å². The van der Waals surface area contributed by atoms with Crippen molar-refractivity contribution >= 4 is 49.9 Å². The molecule has 0 aliphatic carbocycles. The normalized spacial score (nSPS) is 15.7. The van der Waals surface area contributed by atoms with E-state index >= 15 is 0 Å². The van der Waals surface area contributed by atoms with E-state index in [-0.39, 0.29) is 5.24 Å². The van der Waals surface area contributed by atoms with Crippen molar-refractivity contribution in [3.63, 3.8) is 0 Å². The van der Waals surface area contributed by atoms with Gasteiger partial charge < -0.3 is 14.4 Å². The maximum absolute atomic E-state index is 11.9. The molecular weight excluding hydrogens is 574 g/mol. The minimum Gasteiger partial charge on any atom is -0.493 e. The number of anilines is 2. The quantitative estimate of drug-likeness (QED) is 0.284. The molecule has 0 atom stereocenters. The smallest absolute Gasteiger partial charge is 0.301 e. The first kappa shape index (κ1) is 29.5. The molecule has 2 heterocycles. The number of carbonyl (C=O) groups is 1. The molecule has 2 aliphatic heterocycles. The first-order valence-electron chi connectivity index (χ1n) is 13.4. The molecule has 0 saturated heterocycles. The molecule has 42 heavy (non-hydrogen) atoms. The van der Waals surface area contributed by atoms with Crippen LogP contribution < -0.4 is 19.1 Å². The minimum atomic E-state index is -3.35. The predicted molar refractivity (Wildman–Crippen MR) is 169 cm³/mol. The average molecular weight is 608 g/mol. The third-order valence-electron chi connectivity index (χ3n) is 6.96. The van der Waals surface area contributed by atoms with Crippen LogP contribution in [0.2, 0.25) is 0 Å². The number of ether oxygens (including phenoxy) is 2. The molecule has 12 heteroatoms. The average Bonchev–Trinajstić information content (AvgIpc) is 2.98. The Morgan fingerprint density at radius 3 is 2.50 bits per heavy atom. The number of amides is 1. The topological polar surface area (TPSA) is 113 Å². The Morgan fingerprint density at radius 1 is 1.05 bits per heavy atom. The van der Waals surface area contributed by atoms with Gasteiger partial charge in [-0.1, -0.05) is 30.0 Å². The first-order valence-corrected chi connectivity index (χ1v) is 16.3. The number of fused-ring (bicyclic) bond motifs is 1. The van der Waals surface area contributed by atoms with Gasteiger partial charge in [0.1, 0.15) is 5.84 Å². The SMILES string of the molecule is COc1ccc(C(=NCc2ccc(NS(C)(=O)=O)cc2)N2CCCc3cc(C4=NN(C)C(=O)SC4)ccc32)cc1OC. The van der Waals surface area contributed by atoms with Crippen LogP contribution in [-0.2, 0) is 23.0 Å². The van der Waals surface area contributed by atoms with Crippen molar-refractivity contribution in [3.8, 4) is 11.5 Å². The lowest BCUT2D eigenvalue weighted by molar-refractivity contribution is 0.235. The molecule has 3 aromatic rings. The number of benzene rings is 3. The zero-order chi connectivity index (χ0) is 29.9. The van der Waals surface area contributed by atoms with E-state index < -0.39 is 10.0 Å². The fraction of sp³-hybridized carbons (Fsp3) is 0.300. The van der Waals surface area contributed by atoms with Gasteiger partial charge in [0.2, 0.25) is 10.0 Å². The lowest BCUT2D eigenvalue weighted by atomic mass is 9.97. The summed E-state index contributed by atoms with van der Waals surface area (Å²) in [6.07, 6.45) is 2.98. The summed E-state index contributed by atoms with van der Waals surface area (Å²) in [5, 5.41) is 5.82. The molecule has 0 aromatic heterocycles. The number of carbonyl (C=O) groups excluding carboxylic acids is 1. The third kappa shape index (κ3) is 6.71. The monoisotopic (exact) mass is 607 g/mol. The molecule has 5 rings (SSSR count). The van der Waals surface area contributed by atoms with E-state index in [1.165, 1.54) is 22.3 Å². The van der Waals surface area contributed by atoms with Crippen LogP contribution in [0, 0.1) is 0 Å².